The van der Waals surface area contributed by atoms with Gasteiger partial charge in [-0.05, 0) is 19.4 Å². The number of Topliss-reactive ketones (excluding diaryl/α,β-unsaturated/α-hetero) is 1. The van der Waals surface area contributed by atoms with Gasteiger partial charge in [-0.25, -0.2) is 0 Å². The maximum Gasteiger partial charge on any atom is 0.240 e. The van der Waals surface area contributed by atoms with E-state index in [1.54, 1.807) is 11.9 Å². The summed E-state index contributed by atoms with van der Waals surface area (Å²) in [5.41, 5.74) is 0. The Kier molecular flexibility index (Phi) is 4.27. The fourth-order valence-electron chi connectivity index (χ4n) is 1.85. The van der Waals surface area contributed by atoms with Gasteiger partial charge in [-0.3, -0.25) is 9.59 Å². The van der Waals surface area contributed by atoms with Crippen molar-refractivity contribution in [3.8, 4) is 0 Å². The van der Waals surface area contributed by atoms with Crippen LogP contribution in [-0.2, 0) is 9.59 Å². The van der Waals surface area contributed by atoms with E-state index in [9.17, 15) is 9.59 Å². The minimum absolute atomic E-state index is 0.0667. The Balaban J connectivity index is 2.53. The number of nitrogens with one attached hydrogen (secondary N) is 1. The van der Waals surface area contributed by atoms with Crippen LogP contribution in [0.15, 0.2) is 0 Å². The Morgan fingerprint density at radius 1 is 1.53 bits per heavy atom. The third-order valence-corrected chi connectivity index (χ3v) is 2.69. The molecule has 0 aromatic rings. The topological polar surface area (TPSA) is 49.4 Å². The van der Waals surface area contributed by atoms with Gasteiger partial charge in [0.15, 0.2) is 5.78 Å². The summed E-state index contributed by atoms with van der Waals surface area (Å²) in [6, 6.07) is -0.143. The van der Waals surface area contributed by atoms with Gasteiger partial charge in [-0.1, -0.05) is 13.8 Å². The molecule has 0 aromatic carbocycles. The van der Waals surface area contributed by atoms with Gasteiger partial charge in [0.25, 0.3) is 0 Å². The molecule has 0 bridgehead atoms. The molecule has 1 aliphatic heterocycles. The molecule has 1 atom stereocenters. The summed E-state index contributed by atoms with van der Waals surface area (Å²) in [6.07, 6.45) is 1.34. The number of nitrogens with zero attached hydrogens (tertiary/aromatic N) is 1. The molecule has 0 saturated carbocycles. The molecule has 1 aliphatic rings. The number of amides is 1. The van der Waals surface area contributed by atoms with E-state index in [1.165, 1.54) is 0 Å². The Bertz CT molecular complexity index is 251. The van der Waals surface area contributed by atoms with E-state index in [4.69, 9.17) is 0 Å². The average molecular weight is 212 g/mol. The summed E-state index contributed by atoms with van der Waals surface area (Å²) >= 11 is 0. The first-order valence-electron chi connectivity index (χ1n) is 5.52. The largest absolute Gasteiger partial charge is 0.334 e. The highest BCUT2D eigenvalue weighted by Crippen LogP contribution is 2.11. The minimum atomic E-state index is -0.143. The molecule has 1 N–H and O–H groups in total. The highest BCUT2D eigenvalue weighted by Gasteiger charge is 2.28. The molecule has 4 nitrogen and oxygen atoms in total. The smallest absolute Gasteiger partial charge is 0.240 e. The zero-order valence-electron chi connectivity index (χ0n) is 9.75. The SMILES string of the molecule is CN[C@@H](CC(C)C)C(=O)N1CCC(=O)C1. The van der Waals surface area contributed by atoms with Crippen molar-refractivity contribution >= 4 is 11.7 Å². The number of carbonyl (C=O) groups is 2. The first-order valence-corrected chi connectivity index (χ1v) is 5.52. The van der Waals surface area contributed by atoms with E-state index < -0.39 is 0 Å². The number of hydrogen-bond donors (Lipinski definition) is 1. The van der Waals surface area contributed by atoms with Gasteiger partial charge < -0.3 is 10.2 Å². The first-order chi connectivity index (χ1) is 7.04. The van der Waals surface area contributed by atoms with E-state index in [-0.39, 0.29) is 17.7 Å². The molecule has 0 unspecified atom stereocenters. The van der Waals surface area contributed by atoms with Crippen LogP contribution in [-0.4, -0.2) is 42.8 Å². The van der Waals surface area contributed by atoms with Gasteiger partial charge >= 0.3 is 0 Å². The molecule has 0 aliphatic carbocycles. The fourth-order valence-corrected chi connectivity index (χ4v) is 1.85. The lowest BCUT2D eigenvalue weighted by atomic mass is 10.0. The predicted octanol–water partition coefficient (Wildman–Crippen LogP) is 0.422. The number of ketones is 1. The van der Waals surface area contributed by atoms with E-state index in [0.717, 1.165) is 6.42 Å². The second-order valence-electron chi connectivity index (χ2n) is 4.52. The van der Waals surface area contributed by atoms with Crippen LogP contribution in [0.1, 0.15) is 26.7 Å². The third-order valence-electron chi connectivity index (χ3n) is 2.69. The van der Waals surface area contributed by atoms with Crippen molar-refractivity contribution < 1.29 is 9.59 Å². The van der Waals surface area contributed by atoms with Crippen LogP contribution in [0, 0.1) is 5.92 Å². The minimum Gasteiger partial charge on any atom is -0.334 e. The molecule has 1 heterocycles. The van der Waals surface area contributed by atoms with Gasteiger partial charge in [-0.2, -0.15) is 0 Å². The highest BCUT2D eigenvalue weighted by atomic mass is 16.2. The lowest BCUT2D eigenvalue weighted by Gasteiger charge is -2.23. The second kappa shape index (κ2) is 5.26. The van der Waals surface area contributed by atoms with Crippen LogP contribution < -0.4 is 5.32 Å². The van der Waals surface area contributed by atoms with Crippen LogP contribution in [0.25, 0.3) is 0 Å². The summed E-state index contributed by atoms with van der Waals surface area (Å²) in [7, 11) is 1.79. The second-order valence-corrected chi connectivity index (χ2v) is 4.52. The first kappa shape index (κ1) is 12.2. The zero-order valence-corrected chi connectivity index (χ0v) is 9.75. The highest BCUT2D eigenvalue weighted by molar-refractivity contribution is 5.91. The lowest BCUT2D eigenvalue weighted by Crippen LogP contribution is -2.45. The van der Waals surface area contributed by atoms with Crippen molar-refractivity contribution in [2.75, 3.05) is 20.1 Å². The number of likely N-dealkylation sites (tertiary alicyclic amines) is 1. The molecule has 0 aromatic heterocycles. The van der Waals surface area contributed by atoms with Crippen LogP contribution in [0.5, 0.6) is 0 Å². The number of likely N-dealkylation sites (N-methyl/N-ethyl adjacent to an activating group) is 1. The molecule has 1 fully saturated rings. The zero-order chi connectivity index (χ0) is 11.4. The monoisotopic (exact) mass is 212 g/mol. The van der Waals surface area contributed by atoms with E-state index in [0.29, 0.717) is 25.4 Å². The molecule has 0 radical (unpaired) electrons. The number of carbonyl (C=O) groups excluding carboxylic acids is 2. The van der Waals surface area contributed by atoms with Crippen molar-refractivity contribution in [1.29, 1.82) is 0 Å². The van der Waals surface area contributed by atoms with E-state index in [2.05, 4.69) is 19.2 Å². The van der Waals surface area contributed by atoms with E-state index in [1.807, 2.05) is 0 Å². The van der Waals surface area contributed by atoms with Crippen LogP contribution >= 0.6 is 0 Å². The summed E-state index contributed by atoms with van der Waals surface area (Å²) < 4.78 is 0. The van der Waals surface area contributed by atoms with Crippen LogP contribution in [0.4, 0.5) is 0 Å². The molecule has 4 heteroatoms. The van der Waals surface area contributed by atoms with Crippen molar-refractivity contribution in [1.82, 2.24) is 10.2 Å². The van der Waals surface area contributed by atoms with Crippen LogP contribution in [0.2, 0.25) is 0 Å². The maximum absolute atomic E-state index is 12.0. The molecule has 1 saturated heterocycles. The van der Waals surface area contributed by atoms with E-state index >= 15 is 0 Å². The number of rotatable bonds is 4. The molecule has 1 amide bonds. The Hall–Kier alpha value is -0.900. The Morgan fingerprint density at radius 3 is 2.60 bits per heavy atom. The molecular weight excluding hydrogens is 192 g/mol. The molecule has 15 heavy (non-hydrogen) atoms. The van der Waals surface area contributed by atoms with Crippen molar-refractivity contribution in [2.24, 2.45) is 5.92 Å². The van der Waals surface area contributed by atoms with Crippen molar-refractivity contribution in [2.45, 2.75) is 32.7 Å². The fraction of sp³-hybridized carbons (Fsp3) is 0.818. The quantitative estimate of drug-likeness (QED) is 0.735. The van der Waals surface area contributed by atoms with Crippen molar-refractivity contribution in [3.05, 3.63) is 0 Å². The van der Waals surface area contributed by atoms with Gasteiger partial charge in [0, 0.05) is 13.0 Å². The third kappa shape index (κ3) is 3.30. The Morgan fingerprint density at radius 2 is 2.20 bits per heavy atom. The summed E-state index contributed by atoms with van der Waals surface area (Å²) in [5.74, 6) is 0.713. The molecule has 0 spiro atoms. The average Bonchev–Trinajstić information content (AvgIpc) is 2.60. The summed E-state index contributed by atoms with van der Waals surface area (Å²) in [4.78, 5) is 24.7. The summed E-state index contributed by atoms with van der Waals surface area (Å²) in [5, 5.41) is 3.02. The lowest BCUT2D eigenvalue weighted by molar-refractivity contribution is -0.134. The maximum atomic E-state index is 12.0. The normalized spacial score (nSPS) is 18.7. The van der Waals surface area contributed by atoms with Crippen molar-refractivity contribution in [3.63, 3.8) is 0 Å². The molecule has 86 valence electrons. The molecule has 1 rings (SSSR count). The van der Waals surface area contributed by atoms with Gasteiger partial charge in [-0.15, -0.1) is 0 Å². The number of hydrogen-bond acceptors (Lipinski definition) is 3. The van der Waals surface area contributed by atoms with Gasteiger partial charge in [0.2, 0.25) is 5.91 Å². The summed E-state index contributed by atoms with van der Waals surface area (Å²) in [6.45, 7) is 5.07. The predicted molar refractivity (Wildman–Crippen MR) is 58.5 cm³/mol. The molecular formula is C11H20N2O2. The van der Waals surface area contributed by atoms with Gasteiger partial charge in [0.1, 0.15) is 0 Å². The Labute approximate surface area is 91.0 Å². The van der Waals surface area contributed by atoms with Gasteiger partial charge in [0.05, 0.1) is 12.6 Å². The standard InChI is InChI=1S/C11H20N2O2/c1-8(2)6-10(12-3)11(15)13-5-4-9(14)7-13/h8,10,12H,4-7H2,1-3H3/t10-/m0/s1. The van der Waals surface area contributed by atoms with Crippen LogP contribution in [0.3, 0.4) is 0 Å².